The van der Waals surface area contributed by atoms with E-state index in [1.165, 1.54) is 0 Å². The van der Waals surface area contributed by atoms with Crippen molar-refractivity contribution in [3.05, 3.63) is 11.8 Å². The molecule has 0 aliphatic carbocycles. The van der Waals surface area contributed by atoms with Crippen LogP contribution in [0.25, 0.3) is 0 Å². The number of rotatable bonds is 0. The van der Waals surface area contributed by atoms with Crippen LogP contribution >= 0.6 is 0 Å². The normalized spacial score (nSPS) is 30.8. The summed E-state index contributed by atoms with van der Waals surface area (Å²) in [6.45, 7) is 7.74. The molecule has 1 saturated heterocycles. The molecular formula is C9H13N3. The summed E-state index contributed by atoms with van der Waals surface area (Å²) in [7, 11) is 0. The fourth-order valence-corrected chi connectivity index (χ4v) is 1.88. The summed E-state index contributed by atoms with van der Waals surface area (Å²) in [5.74, 6) is 0.825. The van der Waals surface area contributed by atoms with Crippen LogP contribution < -0.4 is 0 Å². The molecule has 0 amide bonds. The first-order valence-corrected chi connectivity index (χ1v) is 4.31. The van der Waals surface area contributed by atoms with Crippen molar-refractivity contribution < 1.29 is 0 Å². The molecular weight excluding hydrogens is 150 g/mol. The number of nitrogens with zero attached hydrogens (tertiary/aromatic N) is 3. The molecule has 3 nitrogen and oxygen atoms in total. The van der Waals surface area contributed by atoms with Gasteiger partial charge in [-0.05, 0) is 20.1 Å². The van der Waals surface area contributed by atoms with Gasteiger partial charge in [0, 0.05) is 13.1 Å². The maximum absolute atomic E-state index is 4.49. The SMILES string of the molecule is C=NC1=NC2CCN(C2)/C1=C/C. The van der Waals surface area contributed by atoms with E-state index in [9.17, 15) is 0 Å². The third kappa shape index (κ3) is 0.967. The Hall–Kier alpha value is -1.12. The Labute approximate surface area is 72.5 Å². The van der Waals surface area contributed by atoms with Gasteiger partial charge in [-0.2, -0.15) is 0 Å². The standard InChI is InChI=1S/C9H13N3/c1-3-8-9(10-2)11-7-4-5-12(8)6-7/h3,7H,2,4-6H2,1H3/b8-3+. The van der Waals surface area contributed by atoms with Gasteiger partial charge in [-0.25, -0.2) is 4.99 Å². The minimum absolute atomic E-state index is 0.467. The minimum atomic E-state index is 0.467. The summed E-state index contributed by atoms with van der Waals surface area (Å²) in [6.07, 6.45) is 3.23. The predicted molar refractivity (Wildman–Crippen MR) is 50.7 cm³/mol. The van der Waals surface area contributed by atoms with E-state index in [1.807, 2.05) is 6.92 Å². The maximum Gasteiger partial charge on any atom is 0.170 e. The second kappa shape index (κ2) is 2.73. The average molecular weight is 163 g/mol. The van der Waals surface area contributed by atoms with E-state index in [0.717, 1.165) is 31.0 Å². The lowest BCUT2D eigenvalue weighted by atomic mass is 10.2. The highest BCUT2D eigenvalue weighted by Crippen LogP contribution is 2.24. The number of hydrogen-bond acceptors (Lipinski definition) is 3. The highest BCUT2D eigenvalue weighted by molar-refractivity contribution is 6.01. The molecule has 1 fully saturated rings. The molecule has 64 valence electrons. The minimum Gasteiger partial charge on any atom is -0.367 e. The van der Waals surface area contributed by atoms with Gasteiger partial charge in [0.1, 0.15) is 0 Å². The topological polar surface area (TPSA) is 28.0 Å². The van der Waals surface area contributed by atoms with Crippen LogP contribution in [-0.4, -0.2) is 36.6 Å². The molecule has 2 aliphatic heterocycles. The maximum atomic E-state index is 4.49. The lowest BCUT2D eigenvalue weighted by molar-refractivity contribution is 0.429. The summed E-state index contributed by atoms with van der Waals surface area (Å²) in [6, 6.07) is 0.467. The van der Waals surface area contributed by atoms with E-state index < -0.39 is 0 Å². The zero-order valence-corrected chi connectivity index (χ0v) is 7.32. The summed E-state index contributed by atoms with van der Waals surface area (Å²) < 4.78 is 0. The number of allylic oxidation sites excluding steroid dienone is 1. The number of amidine groups is 1. The van der Waals surface area contributed by atoms with Gasteiger partial charge >= 0.3 is 0 Å². The Balaban J connectivity index is 2.38. The quantitative estimate of drug-likeness (QED) is 0.491. The van der Waals surface area contributed by atoms with Crippen LogP contribution in [0.3, 0.4) is 0 Å². The van der Waals surface area contributed by atoms with Gasteiger partial charge in [-0.3, -0.25) is 4.99 Å². The van der Waals surface area contributed by atoms with Crippen LogP contribution in [0.15, 0.2) is 21.8 Å². The Morgan fingerprint density at radius 1 is 1.75 bits per heavy atom. The number of hydrogen-bond donors (Lipinski definition) is 0. The third-order valence-electron chi connectivity index (χ3n) is 2.46. The van der Waals surface area contributed by atoms with Crippen molar-refractivity contribution in [2.75, 3.05) is 13.1 Å². The molecule has 0 aromatic heterocycles. The smallest absolute Gasteiger partial charge is 0.170 e. The first kappa shape index (κ1) is 7.53. The fourth-order valence-electron chi connectivity index (χ4n) is 1.88. The van der Waals surface area contributed by atoms with Crippen LogP contribution in [0, 0.1) is 0 Å². The molecule has 0 radical (unpaired) electrons. The summed E-state index contributed by atoms with van der Waals surface area (Å²) in [5.41, 5.74) is 1.15. The highest BCUT2D eigenvalue weighted by atomic mass is 15.2. The second-order valence-corrected chi connectivity index (χ2v) is 3.17. The zero-order chi connectivity index (χ0) is 8.55. The Kier molecular flexibility index (Phi) is 1.71. The first-order chi connectivity index (χ1) is 5.85. The molecule has 0 aromatic rings. The van der Waals surface area contributed by atoms with Gasteiger partial charge in [0.2, 0.25) is 0 Å². The van der Waals surface area contributed by atoms with E-state index in [1.54, 1.807) is 0 Å². The van der Waals surface area contributed by atoms with Gasteiger partial charge in [0.25, 0.3) is 0 Å². The molecule has 1 atom stereocenters. The lowest BCUT2D eigenvalue weighted by Crippen LogP contribution is -2.30. The van der Waals surface area contributed by atoms with Crippen molar-refractivity contribution in [3.63, 3.8) is 0 Å². The Morgan fingerprint density at radius 3 is 3.25 bits per heavy atom. The van der Waals surface area contributed by atoms with E-state index in [2.05, 4.69) is 27.7 Å². The number of aliphatic imine (C=N–C) groups is 2. The van der Waals surface area contributed by atoms with E-state index in [-0.39, 0.29) is 0 Å². The second-order valence-electron chi connectivity index (χ2n) is 3.17. The van der Waals surface area contributed by atoms with Crippen LogP contribution in [0.5, 0.6) is 0 Å². The van der Waals surface area contributed by atoms with Crippen molar-refractivity contribution in [2.45, 2.75) is 19.4 Å². The molecule has 2 rings (SSSR count). The van der Waals surface area contributed by atoms with E-state index in [4.69, 9.17) is 0 Å². The average Bonchev–Trinajstić information content (AvgIpc) is 2.48. The van der Waals surface area contributed by atoms with Crippen molar-refractivity contribution in [2.24, 2.45) is 9.98 Å². The fraction of sp³-hybridized carbons (Fsp3) is 0.556. The van der Waals surface area contributed by atoms with Crippen LogP contribution in [0.2, 0.25) is 0 Å². The van der Waals surface area contributed by atoms with Gasteiger partial charge in [0.05, 0.1) is 11.7 Å². The molecule has 0 spiro atoms. The molecule has 2 heterocycles. The Morgan fingerprint density at radius 2 is 2.58 bits per heavy atom. The first-order valence-electron chi connectivity index (χ1n) is 4.31. The van der Waals surface area contributed by atoms with Crippen molar-refractivity contribution in [3.8, 4) is 0 Å². The van der Waals surface area contributed by atoms with E-state index >= 15 is 0 Å². The van der Waals surface area contributed by atoms with Gasteiger partial charge in [-0.15, -0.1) is 0 Å². The number of fused-ring (bicyclic) bond motifs is 2. The predicted octanol–water partition coefficient (Wildman–Crippen LogP) is 1.08. The van der Waals surface area contributed by atoms with Crippen molar-refractivity contribution in [1.29, 1.82) is 0 Å². The van der Waals surface area contributed by atoms with Crippen molar-refractivity contribution in [1.82, 2.24) is 4.90 Å². The molecule has 2 bridgehead atoms. The molecule has 0 aromatic carbocycles. The van der Waals surface area contributed by atoms with Gasteiger partial charge in [0.15, 0.2) is 5.84 Å². The Bertz CT molecular complexity index is 265. The monoisotopic (exact) mass is 163 g/mol. The zero-order valence-electron chi connectivity index (χ0n) is 7.32. The van der Waals surface area contributed by atoms with E-state index in [0.29, 0.717) is 6.04 Å². The molecule has 12 heavy (non-hydrogen) atoms. The molecule has 2 aliphatic rings. The largest absolute Gasteiger partial charge is 0.367 e. The summed E-state index contributed by atoms with van der Waals surface area (Å²) in [4.78, 5) is 10.8. The van der Waals surface area contributed by atoms with Gasteiger partial charge < -0.3 is 4.90 Å². The molecule has 3 heteroatoms. The van der Waals surface area contributed by atoms with Crippen LogP contribution in [0.1, 0.15) is 13.3 Å². The lowest BCUT2D eigenvalue weighted by Gasteiger charge is -2.24. The highest BCUT2D eigenvalue weighted by Gasteiger charge is 2.30. The van der Waals surface area contributed by atoms with Crippen LogP contribution in [0.4, 0.5) is 0 Å². The molecule has 1 unspecified atom stereocenters. The molecule has 0 saturated carbocycles. The van der Waals surface area contributed by atoms with Crippen molar-refractivity contribution >= 4 is 12.6 Å². The third-order valence-corrected chi connectivity index (χ3v) is 2.46. The summed E-state index contributed by atoms with van der Waals surface area (Å²) in [5, 5.41) is 0. The van der Waals surface area contributed by atoms with Crippen LogP contribution in [-0.2, 0) is 0 Å². The molecule has 0 N–H and O–H groups in total. The van der Waals surface area contributed by atoms with Gasteiger partial charge in [-0.1, -0.05) is 6.08 Å². The summed E-state index contributed by atoms with van der Waals surface area (Å²) >= 11 is 0.